The summed E-state index contributed by atoms with van der Waals surface area (Å²) in [5.41, 5.74) is 0. The van der Waals surface area contributed by atoms with Crippen molar-refractivity contribution in [1.82, 2.24) is 5.32 Å². The van der Waals surface area contributed by atoms with Gasteiger partial charge in [-0.15, -0.1) is 0 Å². The fraction of sp³-hybridized carbons (Fsp3) is 0.778. The van der Waals surface area contributed by atoms with Gasteiger partial charge in [0.05, 0.1) is 24.0 Å². The van der Waals surface area contributed by atoms with Gasteiger partial charge in [0, 0.05) is 7.11 Å². The first-order chi connectivity index (χ1) is 7.85. The van der Waals surface area contributed by atoms with Gasteiger partial charge < -0.3 is 15.2 Å². The second-order valence-corrected chi connectivity index (χ2v) is 6.18. The molecule has 0 aromatic carbocycles. The lowest BCUT2D eigenvalue weighted by Gasteiger charge is -2.15. The van der Waals surface area contributed by atoms with Crippen LogP contribution in [-0.2, 0) is 24.2 Å². The summed E-state index contributed by atoms with van der Waals surface area (Å²) in [7, 11) is -1.83. The Morgan fingerprint density at radius 2 is 2.18 bits per heavy atom. The SMILES string of the molecule is COCC(NC(=O)C1CCS(=O)(=O)C1)C(=O)O. The largest absolute Gasteiger partial charge is 0.480 e. The lowest BCUT2D eigenvalue weighted by Crippen LogP contribution is -2.46. The number of ether oxygens (including phenoxy) is 1. The third-order valence-electron chi connectivity index (χ3n) is 2.55. The molecule has 1 rings (SSSR count). The van der Waals surface area contributed by atoms with Crippen LogP contribution >= 0.6 is 0 Å². The molecule has 1 saturated heterocycles. The van der Waals surface area contributed by atoms with E-state index in [0.29, 0.717) is 0 Å². The molecule has 98 valence electrons. The fourth-order valence-corrected chi connectivity index (χ4v) is 3.37. The van der Waals surface area contributed by atoms with Gasteiger partial charge in [-0.2, -0.15) is 0 Å². The van der Waals surface area contributed by atoms with Crippen LogP contribution < -0.4 is 5.32 Å². The van der Waals surface area contributed by atoms with Crippen LogP contribution in [0, 0.1) is 5.92 Å². The lowest BCUT2D eigenvalue weighted by molar-refractivity contribution is -0.143. The van der Waals surface area contributed by atoms with E-state index in [4.69, 9.17) is 5.11 Å². The molecule has 1 fully saturated rings. The summed E-state index contributed by atoms with van der Waals surface area (Å²) in [6.07, 6.45) is 0.244. The second-order valence-electron chi connectivity index (χ2n) is 3.95. The molecule has 0 saturated carbocycles. The van der Waals surface area contributed by atoms with Crippen LogP contribution in [-0.4, -0.2) is 56.7 Å². The van der Waals surface area contributed by atoms with Crippen molar-refractivity contribution < 1.29 is 27.9 Å². The van der Waals surface area contributed by atoms with Crippen molar-refractivity contribution in [2.45, 2.75) is 12.5 Å². The minimum Gasteiger partial charge on any atom is -0.480 e. The normalized spacial score (nSPS) is 24.2. The maximum absolute atomic E-state index is 11.6. The molecule has 0 aromatic rings. The molecule has 0 bridgehead atoms. The topological polar surface area (TPSA) is 110 Å². The molecule has 2 unspecified atom stereocenters. The molecule has 1 amide bonds. The number of sulfone groups is 1. The Balaban J connectivity index is 2.56. The van der Waals surface area contributed by atoms with E-state index in [1.54, 1.807) is 0 Å². The molecule has 2 atom stereocenters. The van der Waals surface area contributed by atoms with Crippen LogP contribution in [0.15, 0.2) is 0 Å². The standard InChI is InChI=1S/C9H15NO6S/c1-16-4-7(9(12)13)10-8(11)6-2-3-17(14,15)5-6/h6-7H,2-5H2,1H3,(H,10,11)(H,12,13). The predicted octanol–water partition coefficient (Wildman–Crippen LogP) is -1.36. The molecule has 1 aliphatic heterocycles. The summed E-state index contributed by atoms with van der Waals surface area (Å²) < 4.78 is 27.0. The fourth-order valence-electron chi connectivity index (χ4n) is 1.63. The molecule has 2 N–H and O–H groups in total. The molecule has 8 heteroatoms. The Morgan fingerprint density at radius 3 is 2.59 bits per heavy atom. The zero-order chi connectivity index (χ0) is 13.1. The van der Waals surface area contributed by atoms with Crippen molar-refractivity contribution >= 4 is 21.7 Å². The highest BCUT2D eigenvalue weighted by atomic mass is 32.2. The average molecular weight is 265 g/mol. The smallest absolute Gasteiger partial charge is 0.328 e. The van der Waals surface area contributed by atoms with E-state index in [2.05, 4.69) is 10.1 Å². The van der Waals surface area contributed by atoms with Gasteiger partial charge in [-0.1, -0.05) is 0 Å². The number of rotatable bonds is 5. The quantitative estimate of drug-likeness (QED) is 0.635. The number of amides is 1. The van der Waals surface area contributed by atoms with E-state index >= 15 is 0 Å². The summed E-state index contributed by atoms with van der Waals surface area (Å²) in [4.78, 5) is 22.4. The van der Waals surface area contributed by atoms with Crippen molar-refractivity contribution in [3.63, 3.8) is 0 Å². The molecule has 0 spiro atoms. The predicted molar refractivity (Wildman–Crippen MR) is 58.2 cm³/mol. The van der Waals surface area contributed by atoms with Crippen LogP contribution in [0.1, 0.15) is 6.42 Å². The van der Waals surface area contributed by atoms with Gasteiger partial charge in [0.25, 0.3) is 0 Å². The number of carbonyl (C=O) groups is 2. The number of nitrogens with one attached hydrogen (secondary N) is 1. The molecule has 0 radical (unpaired) electrons. The van der Waals surface area contributed by atoms with Gasteiger partial charge in [-0.25, -0.2) is 13.2 Å². The third kappa shape index (κ3) is 3.97. The Labute approximate surface area is 99.1 Å². The number of hydrogen-bond acceptors (Lipinski definition) is 5. The van der Waals surface area contributed by atoms with E-state index in [1.165, 1.54) is 7.11 Å². The van der Waals surface area contributed by atoms with Gasteiger partial charge in [0.2, 0.25) is 5.91 Å². The third-order valence-corrected chi connectivity index (χ3v) is 4.32. The van der Waals surface area contributed by atoms with Crippen LogP contribution in [0.2, 0.25) is 0 Å². The Kier molecular flexibility index (Phi) is 4.47. The minimum absolute atomic E-state index is 0.0207. The maximum Gasteiger partial charge on any atom is 0.328 e. The summed E-state index contributed by atoms with van der Waals surface area (Å²) >= 11 is 0. The number of hydrogen-bond donors (Lipinski definition) is 2. The van der Waals surface area contributed by atoms with E-state index in [1.807, 2.05) is 0 Å². The Bertz CT molecular complexity index is 404. The number of aliphatic carboxylic acids is 1. The first kappa shape index (κ1) is 13.9. The second kappa shape index (κ2) is 5.46. The Morgan fingerprint density at radius 1 is 1.53 bits per heavy atom. The first-order valence-corrected chi connectivity index (χ1v) is 6.90. The first-order valence-electron chi connectivity index (χ1n) is 5.08. The van der Waals surface area contributed by atoms with Crippen LogP contribution in [0.5, 0.6) is 0 Å². The van der Waals surface area contributed by atoms with Crippen LogP contribution in [0.3, 0.4) is 0 Å². The van der Waals surface area contributed by atoms with Crippen molar-refractivity contribution in [3.8, 4) is 0 Å². The zero-order valence-electron chi connectivity index (χ0n) is 9.38. The van der Waals surface area contributed by atoms with Crippen LogP contribution in [0.25, 0.3) is 0 Å². The van der Waals surface area contributed by atoms with Crippen molar-refractivity contribution in [2.75, 3.05) is 25.2 Å². The summed E-state index contributed by atoms with van der Waals surface area (Å²) in [6.45, 7) is -0.152. The van der Waals surface area contributed by atoms with Crippen molar-refractivity contribution in [1.29, 1.82) is 0 Å². The van der Waals surface area contributed by atoms with Gasteiger partial charge in [0.15, 0.2) is 15.9 Å². The number of carboxylic acid groups (broad SMARTS) is 1. The molecule has 0 aliphatic carbocycles. The van der Waals surface area contributed by atoms with E-state index in [0.717, 1.165) is 0 Å². The molecule has 7 nitrogen and oxygen atoms in total. The van der Waals surface area contributed by atoms with Gasteiger partial charge in [-0.3, -0.25) is 4.79 Å². The van der Waals surface area contributed by atoms with Gasteiger partial charge >= 0.3 is 5.97 Å². The molecule has 0 aromatic heterocycles. The van der Waals surface area contributed by atoms with E-state index in [9.17, 15) is 18.0 Å². The molecule has 1 heterocycles. The summed E-state index contributed by atoms with van der Waals surface area (Å²) in [6, 6.07) is -1.14. The van der Waals surface area contributed by atoms with Gasteiger partial charge in [-0.05, 0) is 6.42 Å². The lowest BCUT2D eigenvalue weighted by atomic mass is 10.1. The molecular weight excluding hydrogens is 250 g/mol. The number of methoxy groups -OCH3 is 1. The summed E-state index contributed by atoms with van der Waals surface area (Å²) in [5, 5.41) is 11.1. The van der Waals surface area contributed by atoms with Gasteiger partial charge in [0.1, 0.15) is 0 Å². The highest BCUT2D eigenvalue weighted by Crippen LogP contribution is 2.18. The van der Waals surface area contributed by atoms with Crippen molar-refractivity contribution in [3.05, 3.63) is 0 Å². The zero-order valence-corrected chi connectivity index (χ0v) is 10.2. The highest BCUT2D eigenvalue weighted by Gasteiger charge is 2.34. The Hall–Kier alpha value is -1.15. The molecule has 1 aliphatic rings. The highest BCUT2D eigenvalue weighted by molar-refractivity contribution is 7.91. The van der Waals surface area contributed by atoms with Crippen LogP contribution in [0.4, 0.5) is 0 Å². The average Bonchev–Trinajstić information content (AvgIpc) is 2.58. The summed E-state index contributed by atoms with van der Waals surface area (Å²) in [5.74, 6) is -2.64. The maximum atomic E-state index is 11.6. The number of carboxylic acids is 1. The van der Waals surface area contributed by atoms with E-state index in [-0.39, 0.29) is 24.5 Å². The van der Waals surface area contributed by atoms with Crippen molar-refractivity contribution in [2.24, 2.45) is 5.92 Å². The number of carbonyl (C=O) groups excluding carboxylic acids is 1. The molecule has 17 heavy (non-hydrogen) atoms. The minimum atomic E-state index is -3.15. The van der Waals surface area contributed by atoms with E-state index < -0.39 is 33.7 Å². The monoisotopic (exact) mass is 265 g/mol. The molecular formula is C9H15NO6S.